The van der Waals surface area contributed by atoms with Gasteiger partial charge in [0.2, 0.25) is 0 Å². The van der Waals surface area contributed by atoms with E-state index in [-0.39, 0.29) is 12.1 Å². The molecule has 0 amide bonds. The van der Waals surface area contributed by atoms with Crippen molar-refractivity contribution < 1.29 is 14.3 Å². The van der Waals surface area contributed by atoms with Crippen LogP contribution in [0.3, 0.4) is 0 Å². The second kappa shape index (κ2) is 16.2. The summed E-state index contributed by atoms with van der Waals surface area (Å²) in [6, 6.07) is 7.83. The fourth-order valence-electron chi connectivity index (χ4n) is 3.00. The maximum Gasteiger partial charge on any atom is 0.331 e. The third kappa shape index (κ3) is 11.8. The van der Waals surface area contributed by atoms with Gasteiger partial charge in [-0.25, -0.2) is 4.79 Å². The molecule has 1 aromatic rings. The number of hydrogen-bond donors (Lipinski definition) is 0. The topological polar surface area (TPSA) is 35.5 Å². The molecule has 0 heterocycles. The average Bonchev–Trinajstić information content (AvgIpc) is 2.71. The highest BCUT2D eigenvalue weighted by molar-refractivity contribution is 5.87. The van der Waals surface area contributed by atoms with Crippen LogP contribution in [-0.2, 0) is 9.53 Å². The Morgan fingerprint density at radius 3 is 2.18 bits per heavy atom. The first-order valence-electron chi connectivity index (χ1n) is 11.3. The smallest absolute Gasteiger partial charge is 0.331 e. The van der Waals surface area contributed by atoms with Crippen molar-refractivity contribution in [2.45, 2.75) is 97.5 Å². The quantitative estimate of drug-likeness (QED) is 0.169. The number of benzene rings is 1. The van der Waals surface area contributed by atoms with Gasteiger partial charge in [-0.05, 0) is 31.9 Å². The van der Waals surface area contributed by atoms with Crippen LogP contribution in [0, 0.1) is 0 Å². The average molecular weight is 389 g/mol. The molecule has 0 N–H and O–H groups in total. The SMILES string of the molecule is CCCCCCCCCCCCOc1ccccc1C=CC(=O)OC(C)CC. The van der Waals surface area contributed by atoms with Gasteiger partial charge in [-0.2, -0.15) is 0 Å². The molecule has 0 radical (unpaired) electrons. The van der Waals surface area contributed by atoms with Crippen LogP contribution in [0.15, 0.2) is 30.3 Å². The van der Waals surface area contributed by atoms with Crippen molar-refractivity contribution in [1.29, 1.82) is 0 Å². The maximum absolute atomic E-state index is 11.8. The Balaban J connectivity index is 2.22. The van der Waals surface area contributed by atoms with Crippen LogP contribution in [0.2, 0.25) is 0 Å². The zero-order chi connectivity index (χ0) is 20.5. The molecule has 0 saturated carbocycles. The highest BCUT2D eigenvalue weighted by Crippen LogP contribution is 2.20. The van der Waals surface area contributed by atoms with Gasteiger partial charge < -0.3 is 9.47 Å². The van der Waals surface area contributed by atoms with E-state index in [9.17, 15) is 4.79 Å². The van der Waals surface area contributed by atoms with Crippen LogP contribution in [0.5, 0.6) is 5.75 Å². The molecule has 0 spiro atoms. The van der Waals surface area contributed by atoms with Gasteiger partial charge in [0.1, 0.15) is 5.75 Å². The number of ether oxygens (including phenoxy) is 2. The van der Waals surface area contributed by atoms with Crippen molar-refractivity contribution in [2.75, 3.05) is 6.61 Å². The molecule has 0 fully saturated rings. The second-order valence-corrected chi connectivity index (χ2v) is 7.56. The second-order valence-electron chi connectivity index (χ2n) is 7.56. The van der Waals surface area contributed by atoms with Crippen LogP contribution in [0.25, 0.3) is 6.08 Å². The lowest BCUT2D eigenvalue weighted by atomic mass is 10.1. The van der Waals surface area contributed by atoms with Gasteiger partial charge in [0.15, 0.2) is 0 Å². The molecule has 3 heteroatoms. The van der Waals surface area contributed by atoms with E-state index in [1.165, 1.54) is 63.9 Å². The number of carbonyl (C=O) groups excluding carboxylic acids is 1. The molecule has 1 rings (SSSR count). The van der Waals surface area contributed by atoms with Gasteiger partial charge in [0, 0.05) is 11.6 Å². The Labute approximate surface area is 172 Å². The first kappa shape index (κ1) is 24.3. The molecule has 1 unspecified atom stereocenters. The Morgan fingerprint density at radius 1 is 0.929 bits per heavy atom. The van der Waals surface area contributed by atoms with E-state index in [4.69, 9.17) is 9.47 Å². The lowest BCUT2D eigenvalue weighted by molar-refractivity contribution is -0.142. The lowest BCUT2D eigenvalue weighted by Crippen LogP contribution is -2.11. The minimum absolute atomic E-state index is 0.0556. The molecule has 1 aromatic carbocycles. The number of hydrogen-bond acceptors (Lipinski definition) is 3. The third-order valence-corrected chi connectivity index (χ3v) is 4.97. The van der Waals surface area contributed by atoms with E-state index >= 15 is 0 Å². The summed E-state index contributed by atoms with van der Waals surface area (Å²) in [4.78, 5) is 11.8. The molecule has 0 aliphatic rings. The molecular formula is C25H40O3. The number of para-hydroxylation sites is 1. The van der Waals surface area contributed by atoms with Crippen LogP contribution >= 0.6 is 0 Å². The maximum atomic E-state index is 11.8. The molecule has 0 aliphatic heterocycles. The van der Waals surface area contributed by atoms with Crippen LogP contribution in [0.4, 0.5) is 0 Å². The Kier molecular flexibility index (Phi) is 14.0. The molecule has 0 bridgehead atoms. The van der Waals surface area contributed by atoms with Gasteiger partial charge in [-0.1, -0.05) is 89.8 Å². The largest absolute Gasteiger partial charge is 0.493 e. The van der Waals surface area contributed by atoms with Crippen molar-refractivity contribution in [3.8, 4) is 5.75 Å². The Morgan fingerprint density at radius 2 is 1.54 bits per heavy atom. The molecule has 0 aliphatic carbocycles. The van der Waals surface area contributed by atoms with Crippen molar-refractivity contribution >= 4 is 12.0 Å². The van der Waals surface area contributed by atoms with Crippen molar-refractivity contribution in [2.24, 2.45) is 0 Å². The van der Waals surface area contributed by atoms with Gasteiger partial charge >= 0.3 is 5.97 Å². The van der Waals surface area contributed by atoms with Crippen LogP contribution in [-0.4, -0.2) is 18.7 Å². The van der Waals surface area contributed by atoms with E-state index in [1.54, 1.807) is 6.08 Å². The third-order valence-electron chi connectivity index (χ3n) is 4.97. The Hall–Kier alpha value is -1.77. The van der Waals surface area contributed by atoms with E-state index in [2.05, 4.69) is 6.92 Å². The minimum Gasteiger partial charge on any atom is -0.493 e. The normalized spacial score (nSPS) is 12.2. The van der Waals surface area contributed by atoms with Crippen LogP contribution in [0.1, 0.15) is 97.0 Å². The first-order valence-corrected chi connectivity index (χ1v) is 11.3. The standard InChI is InChI=1S/C25H40O3/c1-4-6-7-8-9-10-11-12-13-16-21-27-24-18-15-14-17-23(24)19-20-25(26)28-22(3)5-2/h14-15,17-20,22H,4-13,16,21H2,1-3H3. The van der Waals surface area contributed by atoms with E-state index in [0.717, 1.165) is 30.8 Å². The van der Waals surface area contributed by atoms with E-state index < -0.39 is 0 Å². The van der Waals surface area contributed by atoms with Gasteiger partial charge in [0.05, 0.1) is 12.7 Å². The van der Waals surface area contributed by atoms with Gasteiger partial charge in [0.25, 0.3) is 0 Å². The molecule has 158 valence electrons. The number of rotatable bonds is 16. The summed E-state index contributed by atoms with van der Waals surface area (Å²) in [5.74, 6) is 0.518. The minimum atomic E-state index is -0.307. The molecule has 28 heavy (non-hydrogen) atoms. The summed E-state index contributed by atoms with van der Waals surface area (Å²) < 4.78 is 11.2. The van der Waals surface area contributed by atoms with E-state index in [1.807, 2.05) is 38.1 Å². The summed E-state index contributed by atoms with van der Waals surface area (Å²) in [5.41, 5.74) is 0.913. The van der Waals surface area contributed by atoms with Crippen molar-refractivity contribution in [3.63, 3.8) is 0 Å². The fraction of sp³-hybridized carbons (Fsp3) is 0.640. The van der Waals surface area contributed by atoms with Gasteiger partial charge in [-0.3, -0.25) is 0 Å². The number of carbonyl (C=O) groups is 1. The molecule has 0 saturated heterocycles. The highest BCUT2D eigenvalue weighted by Gasteiger charge is 2.05. The van der Waals surface area contributed by atoms with E-state index in [0.29, 0.717) is 0 Å². The molecule has 0 aromatic heterocycles. The molecular weight excluding hydrogens is 348 g/mol. The first-order chi connectivity index (χ1) is 13.7. The number of esters is 1. The zero-order valence-corrected chi connectivity index (χ0v) is 18.3. The predicted molar refractivity (Wildman–Crippen MR) is 119 cm³/mol. The summed E-state index contributed by atoms with van der Waals surface area (Å²) in [7, 11) is 0. The van der Waals surface area contributed by atoms with Crippen LogP contribution < -0.4 is 4.74 Å². The van der Waals surface area contributed by atoms with Crippen molar-refractivity contribution in [3.05, 3.63) is 35.9 Å². The Bertz CT molecular complexity index is 550. The highest BCUT2D eigenvalue weighted by atomic mass is 16.5. The summed E-state index contributed by atoms with van der Waals surface area (Å²) in [6.45, 7) is 6.88. The predicted octanol–water partition coefficient (Wildman–Crippen LogP) is 7.34. The summed E-state index contributed by atoms with van der Waals surface area (Å²) in [6.07, 6.45) is 17.2. The van der Waals surface area contributed by atoms with Crippen molar-refractivity contribution in [1.82, 2.24) is 0 Å². The molecule has 3 nitrogen and oxygen atoms in total. The summed E-state index contributed by atoms with van der Waals surface area (Å²) in [5, 5.41) is 0. The monoisotopic (exact) mass is 388 g/mol. The molecule has 1 atom stereocenters. The zero-order valence-electron chi connectivity index (χ0n) is 18.3. The van der Waals surface area contributed by atoms with Gasteiger partial charge in [-0.15, -0.1) is 0 Å². The lowest BCUT2D eigenvalue weighted by Gasteiger charge is -2.10. The number of unbranched alkanes of at least 4 members (excludes halogenated alkanes) is 9. The summed E-state index contributed by atoms with van der Waals surface area (Å²) >= 11 is 0. The fourth-order valence-corrected chi connectivity index (χ4v) is 3.00.